The summed E-state index contributed by atoms with van der Waals surface area (Å²) in [6.45, 7) is 2.39. The van der Waals surface area contributed by atoms with Crippen molar-refractivity contribution in [1.29, 1.82) is 0 Å². The molecule has 1 atom stereocenters. The van der Waals surface area contributed by atoms with E-state index in [0.717, 1.165) is 0 Å². The number of benzene rings is 2. The number of alkyl halides is 1. The van der Waals surface area contributed by atoms with Crippen molar-refractivity contribution < 1.29 is 14.3 Å². The number of rotatable bonds is 3. The van der Waals surface area contributed by atoms with Crippen molar-refractivity contribution in [3.05, 3.63) is 64.7 Å². The minimum Gasteiger partial charge on any atom is -0.492 e. The van der Waals surface area contributed by atoms with Gasteiger partial charge in [0, 0.05) is 21.5 Å². The summed E-state index contributed by atoms with van der Waals surface area (Å²) in [5.74, 6) is 0.183. The first kappa shape index (κ1) is 14.0. The monoisotopic (exact) mass is 344 g/mol. The normalized spacial score (nSPS) is 14.4. The topological polar surface area (TPSA) is 43.4 Å². The second kappa shape index (κ2) is 5.45. The lowest BCUT2D eigenvalue weighted by atomic mass is 9.83. The molecule has 0 amide bonds. The van der Waals surface area contributed by atoms with Gasteiger partial charge >= 0.3 is 0 Å². The highest BCUT2D eigenvalue weighted by Crippen LogP contribution is 2.33. The maximum Gasteiger partial charge on any atom is 0.198 e. The van der Waals surface area contributed by atoms with Gasteiger partial charge in [0.05, 0.1) is 5.56 Å². The second-order valence-corrected chi connectivity index (χ2v) is 6.54. The zero-order valence-corrected chi connectivity index (χ0v) is 13.0. The maximum absolute atomic E-state index is 12.7. The first-order valence-electron chi connectivity index (χ1n) is 6.68. The summed E-state index contributed by atoms with van der Waals surface area (Å²) in [6.07, 6.45) is 0. The number of halogens is 1. The fourth-order valence-corrected chi connectivity index (χ4v) is 2.57. The van der Waals surface area contributed by atoms with Gasteiger partial charge in [-0.25, -0.2) is 0 Å². The Labute approximate surface area is 131 Å². The Bertz CT molecular complexity index is 735. The van der Waals surface area contributed by atoms with Crippen LogP contribution in [-0.2, 0) is 0 Å². The first-order valence-corrected chi connectivity index (χ1v) is 7.59. The van der Waals surface area contributed by atoms with Crippen LogP contribution < -0.4 is 4.74 Å². The summed E-state index contributed by atoms with van der Waals surface area (Å²) in [5.41, 5.74) is 1.69. The molecule has 21 heavy (non-hydrogen) atoms. The van der Waals surface area contributed by atoms with Crippen molar-refractivity contribution in [2.75, 3.05) is 6.61 Å². The molecule has 0 radical (unpaired) electrons. The van der Waals surface area contributed by atoms with Gasteiger partial charge in [-0.2, -0.15) is 0 Å². The summed E-state index contributed by atoms with van der Waals surface area (Å²) in [6, 6.07) is 12.0. The third-order valence-corrected chi connectivity index (χ3v) is 3.65. The third-order valence-electron chi connectivity index (χ3n) is 3.38. The van der Waals surface area contributed by atoms with Gasteiger partial charge in [0.1, 0.15) is 12.4 Å². The molecule has 0 aromatic heterocycles. The van der Waals surface area contributed by atoms with Gasteiger partial charge in [-0.15, -0.1) is 0 Å². The molecule has 0 bridgehead atoms. The lowest BCUT2D eigenvalue weighted by Gasteiger charge is -2.20. The second-order valence-electron chi connectivity index (χ2n) is 4.97. The molecule has 1 unspecified atom stereocenters. The van der Waals surface area contributed by atoms with Crippen molar-refractivity contribution in [3.63, 3.8) is 0 Å². The lowest BCUT2D eigenvalue weighted by Crippen LogP contribution is -2.22. The van der Waals surface area contributed by atoms with Gasteiger partial charge in [0.2, 0.25) is 0 Å². The van der Waals surface area contributed by atoms with Gasteiger partial charge in [0.25, 0.3) is 0 Å². The number of ketones is 2. The zero-order chi connectivity index (χ0) is 15.0. The molecule has 1 aliphatic carbocycles. The van der Waals surface area contributed by atoms with Gasteiger partial charge in [-0.1, -0.05) is 52.3 Å². The number of fused-ring (bicyclic) bond motifs is 2. The first-order chi connectivity index (χ1) is 10.1. The number of ether oxygens (including phenoxy) is 1. The molecule has 0 fully saturated rings. The van der Waals surface area contributed by atoms with Crippen molar-refractivity contribution >= 4 is 27.5 Å². The Hall–Kier alpha value is -1.94. The zero-order valence-electron chi connectivity index (χ0n) is 11.4. The Balaban J connectivity index is 2.12. The van der Waals surface area contributed by atoms with Crippen LogP contribution in [0.4, 0.5) is 0 Å². The molecule has 4 heteroatoms. The summed E-state index contributed by atoms with van der Waals surface area (Å²) in [7, 11) is 0. The predicted molar refractivity (Wildman–Crippen MR) is 83.6 cm³/mol. The molecular weight excluding hydrogens is 332 g/mol. The van der Waals surface area contributed by atoms with Crippen LogP contribution in [-0.4, -0.2) is 23.0 Å². The highest BCUT2D eigenvalue weighted by molar-refractivity contribution is 9.09. The highest BCUT2D eigenvalue weighted by Gasteiger charge is 2.31. The molecular formula is C17H13BrO3. The van der Waals surface area contributed by atoms with E-state index in [1.165, 1.54) is 0 Å². The van der Waals surface area contributed by atoms with Crippen LogP contribution in [0.25, 0.3) is 0 Å². The van der Waals surface area contributed by atoms with Crippen LogP contribution in [0.5, 0.6) is 5.75 Å². The molecule has 0 spiro atoms. The van der Waals surface area contributed by atoms with E-state index in [4.69, 9.17) is 4.74 Å². The van der Waals surface area contributed by atoms with Gasteiger partial charge < -0.3 is 4.74 Å². The van der Waals surface area contributed by atoms with Gasteiger partial charge in [-0.3, -0.25) is 9.59 Å². The summed E-state index contributed by atoms with van der Waals surface area (Å²) < 4.78 is 5.68. The Morgan fingerprint density at radius 1 is 0.952 bits per heavy atom. The standard InChI is InChI=1S/C17H13BrO3/c1-10(18)9-21-14-8-4-7-13-15(14)17(20)12-6-3-2-5-11(12)16(13)19/h2-8,10H,9H2,1H3. The van der Waals surface area contributed by atoms with E-state index in [1.807, 2.05) is 6.92 Å². The van der Waals surface area contributed by atoms with Crippen LogP contribution in [0.15, 0.2) is 42.5 Å². The van der Waals surface area contributed by atoms with E-state index in [1.54, 1.807) is 42.5 Å². The van der Waals surface area contributed by atoms with Gasteiger partial charge in [-0.05, 0) is 13.0 Å². The number of hydrogen-bond acceptors (Lipinski definition) is 3. The van der Waals surface area contributed by atoms with E-state index >= 15 is 0 Å². The molecule has 2 aromatic rings. The fraction of sp³-hybridized carbons (Fsp3) is 0.176. The average Bonchev–Trinajstić information content (AvgIpc) is 2.50. The van der Waals surface area contributed by atoms with Gasteiger partial charge in [0.15, 0.2) is 11.6 Å². The Morgan fingerprint density at radius 3 is 2.24 bits per heavy atom. The minimum absolute atomic E-state index is 0.127. The van der Waals surface area contributed by atoms with Crippen molar-refractivity contribution in [2.24, 2.45) is 0 Å². The average molecular weight is 345 g/mol. The lowest BCUT2D eigenvalue weighted by molar-refractivity contribution is 0.0975. The molecule has 106 valence electrons. The van der Waals surface area contributed by atoms with Crippen molar-refractivity contribution in [2.45, 2.75) is 11.8 Å². The van der Waals surface area contributed by atoms with Crippen LogP contribution >= 0.6 is 15.9 Å². The molecule has 3 rings (SSSR count). The summed E-state index contributed by atoms with van der Waals surface area (Å²) in [5, 5.41) is 0. The number of hydrogen-bond donors (Lipinski definition) is 0. The van der Waals surface area contributed by atoms with E-state index in [0.29, 0.717) is 34.6 Å². The van der Waals surface area contributed by atoms with Crippen LogP contribution in [0, 0.1) is 0 Å². The summed E-state index contributed by atoms with van der Waals surface area (Å²) in [4.78, 5) is 25.4. The molecule has 0 aliphatic heterocycles. The van der Waals surface area contributed by atoms with E-state index < -0.39 is 0 Å². The number of carbonyl (C=O) groups excluding carboxylic acids is 2. The molecule has 0 heterocycles. The molecule has 1 aliphatic rings. The van der Waals surface area contributed by atoms with E-state index in [9.17, 15) is 9.59 Å². The smallest absolute Gasteiger partial charge is 0.198 e. The minimum atomic E-state index is -0.155. The van der Waals surface area contributed by atoms with E-state index in [-0.39, 0.29) is 16.4 Å². The Morgan fingerprint density at radius 2 is 1.57 bits per heavy atom. The van der Waals surface area contributed by atoms with Crippen LogP contribution in [0.2, 0.25) is 0 Å². The largest absolute Gasteiger partial charge is 0.492 e. The predicted octanol–water partition coefficient (Wildman–Crippen LogP) is 3.62. The molecule has 0 saturated carbocycles. The maximum atomic E-state index is 12.7. The Kier molecular flexibility index (Phi) is 3.64. The number of carbonyl (C=O) groups is 2. The third kappa shape index (κ3) is 2.40. The molecule has 0 saturated heterocycles. The fourth-order valence-electron chi connectivity index (χ4n) is 2.44. The summed E-state index contributed by atoms with van der Waals surface area (Å²) >= 11 is 3.40. The van der Waals surface area contributed by atoms with Crippen LogP contribution in [0.3, 0.4) is 0 Å². The molecule has 2 aromatic carbocycles. The quantitative estimate of drug-likeness (QED) is 0.681. The van der Waals surface area contributed by atoms with Crippen molar-refractivity contribution in [1.82, 2.24) is 0 Å². The van der Waals surface area contributed by atoms with Crippen molar-refractivity contribution in [3.8, 4) is 5.75 Å². The molecule has 3 nitrogen and oxygen atoms in total. The van der Waals surface area contributed by atoms with Crippen LogP contribution in [0.1, 0.15) is 38.8 Å². The SMILES string of the molecule is CC(Br)COc1cccc2c1C(=O)c1ccccc1C2=O. The molecule has 0 N–H and O–H groups in total. The van der Waals surface area contributed by atoms with E-state index in [2.05, 4.69) is 15.9 Å². The highest BCUT2D eigenvalue weighted by atomic mass is 79.9.